The minimum atomic E-state index is -1.21. The van der Waals surface area contributed by atoms with Gasteiger partial charge >= 0.3 is 5.97 Å². The fourth-order valence-corrected chi connectivity index (χ4v) is 4.19. The maximum absolute atomic E-state index is 13.4. The van der Waals surface area contributed by atoms with Gasteiger partial charge in [0.2, 0.25) is 11.8 Å². The van der Waals surface area contributed by atoms with E-state index in [4.69, 9.17) is 14.6 Å². The van der Waals surface area contributed by atoms with Crippen LogP contribution >= 0.6 is 11.8 Å². The van der Waals surface area contributed by atoms with Gasteiger partial charge in [0.05, 0.1) is 14.2 Å². The van der Waals surface area contributed by atoms with Gasteiger partial charge in [0.1, 0.15) is 16.7 Å². The Bertz CT molecular complexity index is 1210. The zero-order chi connectivity index (χ0) is 25.2. The lowest BCUT2D eigenvalue weighted by molar-refractivity contribution is -0.131. The monoisotopic (exact) mass is 492 g/mol. The number of methoxy groups -OCH3 is 2. The molecule has 0 fully saturated rings. The van der Waals surface area contributed by atoms with E-state index in [0.717, 1.165) is 22.6 Å². The number of hydrogen-bond acceptors (Lipinski definition) is 6. The average molecular weight is 493 g/mol. The van der Waals surface area contributed by atoms with Gasteiger partial charge in [0.25, 0.3) is 0 Å². The van der Waals surface area contributed by atoms with E-state index in [2.05, 4.69) is 10.6 Å². The third-order valence-electron chi connectivity index (χ3n) is 4.69. The molecule has 0 aromatic heterocycles. The lowest BCUT2D eigenvalue weighted by Gasteiger charge is -2.18. The van der Waals surface area contributed by atoms with Gasteiger partial charge < -0.3 is 25.2 Å². The van der Waals surface area contributed by atoms with E-state index in [-0.39, 0.29) is 5.91 Å². The summed E-state index contributed by atoms with van der Waals surface area (Å²) in [7, 11) is 3.07. The Labute approximate surface area is 207 Å². The molecule has 0 heterocycles. The van der Waals surface area contributed by atoms with Crippen LogP contribution in [-0.2, 0) is 14.4 Å². The van der Waals surface area contributed by atoms with E-state index in [1.54, 1.807) is 36.4 Å². The number of carbonyl (C=O) groups is 3. The zero-order valence-electron chi connectivity index (χ0n) is 19.1. The number of anilines is 2. The van der Waals surface area contributed by atoms with Crippen LogP contribution in [-0.4, -0.2) is 37.1 Å². The number of thioether (sulfide) groups is 1. The number of nitrogens with one attached hydrogen (secondary N) is 2. The first-order chi connectivity index (χ1) is 16.9. The second kappa shape index (κ2) is 12.3. The number of amides is 2. The van der Waals surface area contributed by atoms with Crippen molar-refractivity contribution in [1.29, 1.82) is 0 Å². The third-order valence-corrected chi connectivity index (χ3v) is 5.94. The molecule has 0 spiro atoms. The van der Waals surface area contributed by atoms with Crippen LogP contribution < -0.4 is 20.1 Å². The minimum absolute atomic E-state index is 0.254. The SMILES string of the molecule is COc1cc(NC(=O)C(Sc2cccc(NC(=O)/C=C/C(=O)O)c2)c2ccccc2)cc(OC)c1. The highest BCUT2D eigenvalue weighted by Crippen LogP contribution is 2.37. The molecule has 180 valence electrons. The molecular formula is C26H24N2O6S. The maximum Gasteiger partial charge on any atom is 0.328 e. The number of benzene rings is 3. The molecule has 1 atom stereocenters. The van der Waals surface area contributed by atoms with Crippen LogP contribution in [0.5, 0.6) is 11.5 Å². The Kier molecular flexibility index (Phi) is 8.91. The first kappa shape index (κ1) is 25.4. The summed E-state index contributed by atoms with van der Waals surface area (Å²) in [6.45, 7) is 0. The van der Waals surface area contributed by atoms with Gasteiger partial charge in [-0.1, -0.05) is 36.4 Å². The van der Waals surface area contributed by atoms with Crippen molar-refractivity contribution in [2.24, 2.45) is 0 Å². The molecule has 0 aliphatic heterocycles. The minimum Gasteiger partial charge on any atom is -0.497 e. The van der Waals surface area contributed by atoms with Gasteiger partial charge in [0.15, 0.2) is 0 Å². The fourth-order valence-electron chi connectivity index (χ4n) is 3.10. The van der Waals surface area contributed by atoms with Crippen LogP contribution in [0.25, 0.3) is 0 Å². The summed E-state index contributed by atoms with van der Waals surface area (Å²) < 4.78 is 10.6. The highest BCUT2D eigenvalue weighted by molar-refractivity contribution is 8.00. The topological polar surface area (TPSA) is 114 Å². The molecule has 0 aliphatic carbocycles. The van der Waals surface area contributed by atoms with Crippen LogP contribution in [0.1, 0.15) is 10.8 Å². The van der Waals surface area contributed by atoms with Gasteiger partial charge in [-0.15, -0.1) is 11.8 Å². The van der Waals surface area contributed by atoms with Gasteiger partial charge in [-0.2, -0.15) is 0 Å². The highest BCUT2D eigenvalue weighted by Gasteiger charge is 2.23. The van der Waals surface area contributed by atoms with Crippen molar-refractivity contribution in [3.63, 3.8) is 0 Å². The molecule has 0 aliphatic rings. The summed E-state index contributed by atoms with van der Waals surface area (Å²) in [6.07, 6.45) is 1.70. The Morgan fingerprint density at radius 3 is 2.14 bits per heavy atom. The third kappa shape index (κ3) is 7.65. The van der Waals surface area contributed by atoms with E-state index in [0.29, 0.717) is 22.9 Å². The second-order valence-corrected chi connectivity index (χ2v) is 8.37. The van der Waals surface area contributed by atoms with Crippen molar-refractivity contribution in [2.75, 3.05) is 24.9 Å². The normalized spacial score (nSPS) is 11.5. The lowest BCUT2D eigenvalue weighted by Crippen LogP contribution is -2.19. The van der Waals surface area contributed by atoms with Crippen LogP contribution in [0.15, 0.2) is 89.8 Å². The van der Waals surface area contributed by atoms with Crippen molar-refractivity contribution in [2.45, 2.75) is 10.1 Å². The van der Waals surface area contributed by atoms with Crippen LogP contribution in [0, 0.1) is 0 Å². The molecular weight excluding hydrogens is 468 g/mol. The molecule has 35 heavy (non-hydrogen) atoms. The van der Waals surface area contributed by atoms with E-state index in [9.17, 15) is 14.4 Å². The first-order valence-corrected chi connectivity index (χ1v) is 11.3. The van der Waals surface area contributed by atoms with Crippen molar-refractivity contribution >= 4 is 40.9 Å². The Morgan fingerprint density at radius 1 is 0.829 bits per heavy atom. The smallest absolute Gasteiger partial charge is 0.328 e. The van der Waals surface area contributed by atoms with Gasteiger partial charge in [-0.3, -0.25) is 9.59 Å². The molecule has 0 saturated carbocycles. The molecule has 2 amide bonds. The van der Waals surface area contributed by atoms with Crippen LogP contribution in [0.2, 0.25) is 0 Å². The van der Waals surface area contributed by atoms with E-state index in [1.807, 2.05) is 36.4 Å². The molecule has 3 aromatic carbocycles. The molecule has 3 aromatic rings. The average Bonchev–Trinajstić information content (AvgIpc) is 2.86. The van der Waals surface area contributed by atoms with Crippen molar-refractivity contribution < 1.29 is 29.0 Å². The molecule has 0 radical (unpaired) electrons. The quantitative estimate of drug-likeness (QED) is 0.276. The molecule has 9 heteroatoms. The highest BCUT2D eigenvalue weighted by atomic mass is 32.2. The lowest BCUT2D eigenvalue weighted by atomic mass is 10.1. The first-order valence-electron chi connectivity index (χ1n) is 10.5. The number of rotatable bonds is 10. The maximum atomic E-state index is 13.4. The molecule has 8 nitrogen and oxygen atoms in total. The molecule has 0 bridgehead atoms. The van der Waals surface area contributed by atoms with Crippen molar-refractivity contribution in [3.05, 3.63) is 90.5 Å². The van der Waals surface area contributed by atoms with Crippen LogP contribution in [0.3, 0.4) is 0 Å². The largest absolute Gasteiger partial charge is 0.497 e. The zero-order valence-corrected chi connectivity index (χ0v) is 19.9. The summed E-state index contributed by atoms with van der Waals surface area (Å²) in [5, 5.41) is 13.6. The summed E-state index contributed by atoms with van der Waals surface area (Å²) >= 11 is 1.31. The number of hydrogen-bond donors (Lipinski definition) is 3. The van der Waals surface area contributed by atoms with E-state index in [1.165, 1.54) is 26.0 Å². The summed E-state index contributed by atoms with van der Waals surface area (Å²) in [6, 6.07) is 21.4. The molecule has 0 saturated heterocycles. The summed E-state index contributed by atoms with van der Waals surface area (Å²) in [5.41, 5.74) is 1.79. The van der Waals surface area contributed by atoms with Crippen molar-refractivity contribution in [1.82, 2.24) is 0 Å². The van der Waals surface area contributed by atoms with E-state index >= 15 is 0 Å². The number of carbonyl (C=O) groups excluding carboxylic acids is 2. The summed E-state index contributed by atoms with van der Waals surface area (Å²) in [5.74, 6) is -0.947. The van der Waals surface area contributed by atoms with Gasteiger partial charge in [0, 0.05) is 46.6 Å². The predicted molar refractivity (Wildman–Crippen MR) is 135 cm³/mol. The van der Waals surface area contributed by atoms with E-state index < -0.39 is 17.1 Å². The Hall–Kier alpha value is -4.24. The molecule has 3 rings (SSSR count). The number of ether oxygens (including phenoxy) is 2. The second-order valence-electron chi connectivity index (χ2n) is 7.19. The van der Waals surface area contributed by atoms with Crippen molar-refractivity contribution in [3.8, 4) is 11.5 Å². The van der Waals surface area contributed by atoms with Gasteiger partial charge in [-0.25, -0.2) is 4.79 Å². The Balaban J connectivity index is 1.83. The Morgan fingerprint density at radius 2 is 1.51 bits per heavy atom. The number of aliphatic carboxylic acids is 1. The standard InChI is InChI=1S/C26H24N2O6S/c1-33-20-13-19(14-21(16-20)34-2)28-26(32)25(17-7-4-3-5-8-17)35-22-10-6-9-18(15-22)27-23(29)11-12-24(30)31/h3-16,25H,1-2H3,(H,27,29)(H,28,32)(H,30,31)/b12-11+. The van der Waals surface area contributed by atoms with Crippen LogP contribution in [0.4, 0.5) is 11.4 Å². The fraction of sp³-hybridized carbons (Fsp3) is 0.115. The predicted octanol–water partition coefficient (Wildman–Crippen LogP) is 4.76. The summed E-state index contributed by atoms with van der Waals surface area (Å²) in [4.78, 5) is 36.7. The molecule has 3 N–H and O–H groups in total. The van der Waals surface area contributed by atoms with Gasteiger partial charge in [-0.05, 0) is 23.8 Å². The number of carboxylic acid groups (broad SMARTS) is 1. The molecule has 1 unspecified atom stereocenters. The number of carboxylic acids is 1.